The maximum absolute atomic E-state index is 13.2. The van der Waals surface area contributed by atoms with Gasteiger partial charge < -0.3 is 10.4 Å². The van der Waals surface area contributed by atoms with Crippen molar-refractivity contribution in [2.45, 2.75) is 69.4 Å². The third-order valence-electron chi connectivity index (χ3n) is 4.07. The van der Waals surface area contributed by atoms with Crippen LogP contribution in [0.2, 0.25) is 0 Å². The van der Waals surface area contributed by atoms with E-state index in [9.17, 15) is 18.7 Å². The van der Waals surface area contributed by atoms with Crippen LogP contribution in [-0.4, -0.2) is 29.1 Å². The second-order valence-corrected chi connectivity index (χ2v) is 5.62. The van der Waals surface area contributed by atoms with Crippen molar-refractivity contribution in [3.8, 4) is 0 Å². The van der Waals surface area contributed by atoms with E-state index in [-0.39, 0.29) is 24.8 Å². The maximum atomic E-state index is 13.2. The van der Waals surface area contributed by atoms with Gasteiger partial charge in [-0.2, -0.15) is 0 Å². The van der Waals surface area contributed by atoms with Gasteiger partial charge in [-0.3, -0.25) is 4.79 Å². The largest absolute Gasteiger partial charge is 0.391 e. The highest BCUT2D eigenvalue weighted by molar-refractivity contribution is 5.79. The molecule has 0 aromatic heterocycles. The second kappa shape index (κ2) is 5.51. The molecule has 2 fully saturated rings. The van der Waals surface area contributed by atoms with Gasteiger partial charge in [0.2, 0.25) is 11.8 Å². The Hall–Kier alpha value is -0.710. The highest BCUT2D eigenvalue weighted by Crippen LogP contribution is 2.36. The molecule has 2 aliphatic rings. The molecule has 2 saturated carbocycles. The van der Waals surface area contributed by atoms with Crippen LogP contribution in [0.3, 0.4) is 0 Å². The first-order chi connectivity index (χ1) is 8.48. The van der Waals surface area contributed by atoms with Crippen LogP contribution in [-0.2, 0) is 4.79 Å². The van der Waals surface area contributed by atoms with Crippen molar-refractivity contribution in [1.29, 1.82) is 0 Å². The zero-order valence-electron chi connectivity index (χ0n) is 10.5. The fraction of sp³-hybridized carbons (Fsp3) is 0.923. The molecule has 1 amide bonds. The summed E-state index contributed by atoms with van der Waals surface area (Å²) in [6.45, 7) is 0. The molecule has 0 aromatic rings. The Balaban J connectivity index is 1.87. The Labute approximate surface area is 106 Å². The van der Waals surface area contributed by atoms with E-state index in [1.165, 1.54) is 0 Å². The molecule has 2 rings (SSSR count). The number of alkyl halides is 2. The smallest absolute Gasteiger partial charge is 0.248 e. The van der Waals surface area contributed by atoms with Crippen LogP contribution in [0.25, 0.3) is 0 Å². The molecule has 1 unspecified atom stereocenters. The molecule has 3 nitrogen and oxygen atoms in total. The van der Waals surface area contributed by atoms with Gasteiger partial charge in [0.05, 0.1) is 12.1 Å². The minimum absolute atomic E-state index is 0.108. The van der Waals surface area contributed by atoms with Crippen molar-refractivity contribution in [3.63, 3.8) is 0 Å². The van der Waals surface area contributed by atoms with Gasteiger partial charge in [-0.15, -0.1) is 0 Å². The maximum Gasteiger partial charge on any atom is 0.248 e. The van der Waals surface area contributed by atoms with Crippen LogP contribution in [0, 0.1) is 5.92 Å². The van der Waals surface area contributed by atoms with Gasteiger partial charge >= 0.3 is 0 Å². The van der Waals surface area contributed by atoms with Crippen molar-refractivity contribution < 1.29 is 18.7 Å². The standard InChI is InChI=1S/C13H21F2NO2/c14-13(15)7-3-4-9(8-13)12(18)16-10-5-1-2-6-11(10)17/h9-11,17H,1-8H2,(H,16,18)/t9?,10-,11-/m0/s1. The summed E-state index contributed by atoms with van der Waals surface area (Å²) in [7, 11) is 0. The fourth-order valence-electron chi connectivity index (χ4n) is 2.98. The van der Waals surface area contributed by atoms with Crippen LogP contribution in [0.1, 0.15) is 51.4 Å². The van der Waals surface area contributed by atoms with Gasteiger partial charge in [0, 0.05) is 18.8 Å². The van der Waals surface area contributed by atoms with E-state index >= 15 is 0 Å². The molecule has 2 N–H and O–H groups in total. The lowest BCUT2D eigenvalue weighted by Gasteiger charge is -2.32. The summed E-state index contributed by atoms with van der Waals surface area (Å²) in [5.74, 6) is -3.60. The van der Waals surface area contributed by atoms with Crippen LogP contribution in [0.15, 0.2) is 0 Å². The molecule has 104 valence electrons. The minimum atomic E-state index is -2.70. The van der Waals surface area contributed by atoms with Crippen LogP contribution in [0.5, 0.6) is 0 Å². The number of hydrogen-bond acceptors (Lipinski definition) is 2. The lowest BCUT2D eigenvalue weighted by Crippen LogP contribution is -2.48. The molecule has 0 radical (unpaired) electrons. The van der Waals surface area contributed by atoms with Crippen molar-refractivity contribution in [3.05, 3.63) is 0 Å². The molecule has 0 spiro atoms. The van der Waals surface area contributed by atoms with E-state index in [0.29, 0.717) is 19.3 Å². The summed E-state index contributed by atoms with van der Waals surface area (Å²) in [4.78, 5) is 11.9. The highest BCUT2D eigenvalue weighted by atomic mass is 19.3. The number of rotatable bonds is 2. The van der Waals surface area contributed by atoms with E-state index in [0.717, 1.165) is 19.3 Å². The van der Waals surface area contributed by atoms with E-state index in [1.54, 1.807) is 0 Å². The van der Waals surface area contributed by atoms with Gasteiger partial charge in [-0.1, -0.05) is 12.8 Å². The van der Waals surface area contributed by atoms with E-state index in [4.69, 9.17) is 0 Å². The monoisotopic (exact) mass is 261 g/mol. The minimum Gasteiger partial charge on any atom is -0.391 e. The lowest BCUT2D eigenvalue weighted by molar-refractivity contribution is -0.134. The summed E-state index contributed by atoms with van der Waals surface area (Å²) < 4.78 is 26.5. The quantitative estimate of drug-likeness (QED) is 0.801. The molecule has 3 atom stereocenters. The normalized spacial score (nSPS) is 36.1. The number of nitrogens with one attached hydrogen (secondary N) is 1. The number of aliphatic hydroxyl groups is 1. The number of amides is 1. The summed E-state index contributed by atoms with van der Waals surface area (Å²) in [5, 5.41) is 12.5. The van der Waals surface area contributed by atoms with Gasteiger partial charge in [-0.05, 0) is 25.7 Å². The van der Waals surface area contributed by atoms with Crippen LogP contribution < -0.4 is 5.32 Å². The molecular weight excluding hydrogens is 240 g/mol. The lowest BCUT2D eigenvalue weighted by atomic mass is 9.85. The Morgan fingerprint density at radius 2 is 1.89 bits per heavy atom. The van der Waals surface area contributed by atoms with Gasteiger partial charge in [0.1, 0.15) is 0 Å². The Bertz CT molecular complexity index is 309. The van der Waals surface area contributed by atoms with Crippen molar-refractivity contribution in [2.75, 3.05) is 0 Å². The first kappa shape index (κ1) is 13.7. The molecule has 5 heteroatoms. The predicted molar refractivity (Wildman–Crippen MR) is 63.3 cm³/mol. The molecule has 0 bridgehead atoms. The van der Waals surface area contributed by atoms with E-state index in [2.05, 4.69) is 5.32 Å². The number of halogens is 2. The predicted octanol–water partition coefficient (Wildman–Crippen LogP) is 2.23. The zero-order chi connectivity index (χ0) is 13.2. The Morgan fingerprint density at radius 1 is 1.17 bits per heavy atom. The molecule has 18 heavy (non-hydrogen) atoms. The topological polar surface area (TPSA) is 49.3 Å². The molecule has 0 heterocycles. The number of hydrogen-bond donors (Lipinski definition) is 2. The number of carbonyl (C=O) groups excluding carboxylic acids is 1. The summed E-state index contributed by atoms with van der Waals surface area (Å²) in [6, 6.07) is -0.248. The fourth-order valence-corrected chi connectivity index (χ4v) is 2.98. The second-order valence-electron chi connectivity index (χ2n) is 5.62. The number of aliphatic hydroxyl groups excluding tert-OH is 1. The third-order valence-corrected chi connectivity index (χ3v) is 4.07. The summed E-state index contributed by atoms with van der Waals surface area (Å²) in [5.41, 5.74) is 0. The number of carbonyl (C=O) groups is 1. The zero-order valence-corrected chi connectivity index (χ0v) is 10.5. The Morgan fingerprint density at radius 3 is 2.56 bits per heavy atom. The molecule has 0 aliphatic heterocycles. The van der Waals surface area contributed by atoms with Crippen LogP contribution in [0.4, 0.5) is 8.78 Å². The first-order valence-electron chi connectivity index (χ1n) is 6.84. The van der Waals surface area contributed by atoms with E-state index < -0.39 is 17.9 Å². The third kappa shape index (κ3) is 3.40. The summed E-state index contributed by atoms with van der Waals surface area (Å²) in [6.07, 6.45) is 3.33. The molecule has 0 saturated heterocycles. The molecule has 2 aliphatic carbocycles. The van der Waals surface area contributed by atoms with Crippen molar-refractivity contribution in [2.24, 2.45) is 5.92 Å². The van der Waals surface area contributed by atoms with Gasteiger partial charge in [0.15, 0.2) is 0 Å². The average Bonchev–Trinajstić information content (AvgIpc) is 2.31. The van der Waals surface area contributed by atoms with Gasteiger partial charge in [0.25, 0.3) is 0 Å². The highest BCUT2D eigenvalue weighted by Gasteiger charge is 2.39. The summed E-state index contributed by atoms with van der Waals surface area (Å²) >= 11 is 0. The molecule has 0 aromatic carbocycles. The Kier molecular flexibility index (Phi) is 4.20. The van der Waals surface area contributed by atoms with Crippen LogP contribution >= 0.6 is 0 Å². The average molecular weight is 261 g/mol. The SMILES string of the molecule is O=C(N[C@H]1CCCC[C@@H]1O)C1CCCC(F)(F)C1. The van der Waals surface area contributed by atoms with E-state index in [1.807, 2.05) is 0 Å². The van der Waals surface area contributed by atoms with Crippen molar-refractivity contribution in [1.82, 2.24) is 5.32 Å². The molecular formula is C13H21F2NO2. The van der Waals surface area contributed by atoms with Gasteiger partial charge in [-0.25, -0.2) is 8.78 Å². The van der Waals surface area contributed by atoms with Crippen molar-refractivity contribution >= 4 is 5.91 Å². The first-order valence-corrected chi connectivity index (χ1v) is 6.84.